The van der Waals surface area contributed by atoms with E-state index in [9.17, 15) is 18.4 Å². The summed E-state index contributed by atoms with van der Waals surface area (Å²) >= 11 is 0. The molecule has 198 valence electrons. The van der Waals surface area contributed by atoms with Gasteiger partial charge in [-0.3, -0.25) is 4.79 Å². The van der Waals surface area contributed by atoms with Gasteiger partial charge in [0.25, 0.3) is 0 Å². The maximum Gasteiger partial charge on any atom is 0.322 e. The number of H-pyrrole nitrogens is 1. The van der Waals surface area contributed by atoms with Gasteiger partial charge in [-0.2, -0.15) is 0 Å². The molecule has 1 aromatic heterocycles. The van der Waals surface area contributed by atoms with Crippen molar-refractivity contribution >= 4 is 28.5 Å². The molecular weight excluding hydrogens is 490 g/mol. The third-order valence-electron chi connectivity index (χ3n) is 6.26. The molecule has 0 bridgehead atoms. The number of nitrogens with one attached hydrogen (secondary N) is 2. The molecule has 0 unspecified atom stereocenters. The van der Waals surface area contributed by atoms with Gasteiger partial charge in [0.1, 0.15) is 18.2 Å². The first-order chi connectivity index (χ1) is 18.4. The fraction of sp³-hybridized carbons (Fsp3) is 0.241. The van der Waals surface area contributed by atoms with Crippen molar-refractivity contribution in [3.63, 3.8) is 0 Å². The smallest absolute Gasteiger partial charge is 0.322 e. The molecular formula is C29H30F2N4O3. The van der Waals surface area contributed by atoms with Crippen LogP contribution in [0, 0.1) is 11.6 Å². The highest BCUT2D eigenvalue weighted by molar-refractivity contribution is 5.92. The number of aromatic nitrogens is 1. The number of hydrogen-bond donors (Lipinski definition) is 2. The number of halogens is 2. The van der Waals surface area contributed by atoms with Crippen molar-refractivity contribution in [2.24, 2.45) is 0 Å². The number of carbonyl (C=O) groups excluding carboxylic acids is 2. The number of urea groups is 1. The van der Waals surface area contributed by atoms with Gasteiger partial charge in [-0.1, -0.05) is 42.5 Å². The van der Waals surface area contributed by atoms with Crippen LogP contribution < -0.4 is 5.32 Å². The van der Waals surface area contributed by atoms with E-state index in [1.807, 2.05) is 30.5 Å². The fourth-order valence-corrected chi connectivity index (χ4v) is 4.17. The molecule has 1 heterocycles. The number of hydrogen-bond acceptors (Lipinski definition) is 3. The minimum absolute atomic E-state index is 0.0230. The molecule has 0 radical (unpaired) electrons. The van der Waals surface area contributed by atoms with Crippen LogP contribution in [-0.4, -0.2) is 60.1 Å². The molecule has 0 atom stereocenters. The first-order valence-corrected chi connectivity index (χ1v) is 12.3. The van der Waals surface area contributed by atoms with Crippen LogP contribution in [-0.2, 0) is 22.5 Å². The quantitative estimate of drug-likeness (QED) is 0.286. The Hall–Kier alpha value is -4.24. The topological polar surface area (TPSA) is 77.7 Å². The highest BCUT2D eigenvalue weighted by atomic mass is 19.1. The van der Waals surface area contributed by atoms with E-state index in [-0.39, 0.29) is 43.7 Å². The minimum Gasteiger partial charge on any atom is -0.383 e. The zero-order valence-electron chi connectivity index (χ0n) is 21.1. The lowest BCUT2D eigenvalue weighted by molar-refractivity contribution is -0.132. The molecule has 3 amide bonds. The average Bonchev–Trinajstić information content (AvgIpc) is 3.34. The zero-order chi connectivity index (χ0) is 26.9. The molecule has 38 heavy (non-hydrogen) atoms. The molecule has 4 rings (SSSR count). The lowest BCUT2D eigenvalue weighted by Gasteiger charge is -2.28. The predicted octanol–water partition coefficient (Wildman–Crippen LogP) is 5.20. The molecule has 3 aromatic carbocycles. The third kappa shape index (κ3) is 6.95. The summed E-state index contributed by atoms with van der Waals surface area (Å²) in [5.74, 6) is -1.23. The van der Waals surface area contributed by atoms with Crippen LogP contribution in [0.15, 0.2) is 79.0 Å². The van der Waals surface area contributed by atoms with Crippen molar-refractivity contribution in [1.29, 1.82) is 0 Å². The van der Waals surface area contributed by atoms with E-state index in [4.69, 9.17) is 4.74 Å². The summed E-state index contributed by atoms with van der Waals surface area (Å²) in [5, 5.41) is 3.61. The van der Waals surface area contributed by atoms with Crippen molar-refractivity contribution in [2.45, 2.75) is 13.0 Å². The van der Waals surface area contributed by atoms with E-state index >= 15 is 0 Å². The number of para-hydroxylation sites is 2. The summed E-state index contributed by atoms with van der Waals surface area (Å²) in [6, 6.07) is 19.1. The Morgan fingerprint density at radius 1 is 0.921 bits per heavy atom. The highest BCUT2D eigenvalue weighted by Gasteiger charge is 2.23. The normalized spacial score (nSPS) is 10.9. The van der Waals surface area contributed by atoms with Crippen LogP contribution in [0.4, 0.5) is 19.3 Å². The Bertz CT molecular complexity index is 1370. The predicted molar refractivity (Wildman–Crippen MR) is 143 cm³/mol. The molecule has 0 fully saturated rings. The second-order valence-electron chi connectivity index (χ2n) is 8.88. The Labute approximate surface area is 220 Å². The lowest BCUT2D eigenvalue weighted by Crippen LogP contribution is -2.46. The van der Waals surface area contributed by atoms with Gasteiger partial charge in [0.2, 0.25) is 5.91 Å². The van der Waals surface area contributed by atoms with Crippen molar-refractivity contribution in [1.82, 2.24) is 14.8 Å². The van der Waals surface area contributed by atoms with Gasteiger partial charge in [-0.05, 0) is 47.9 Å². The van der Waals surface area contributed by atoms with Gasteiger partial charge in [0, 0.05) is 43.8 Å². The van der Waals surface area contributed by atoms with E-state index in [2.05, 4.69) is 10.3 Å². The fourth-order valence-electron chi connectivity index (χ4n) is 4.17. The van der Waals surface area contributed by atoms with Gasteiger partial charge < -0.3 is 24.8 Å². The molecule has 0 aliphatic carbocycles. The van der Waals surface area contributed by atoms with Gasteiger partial charge in [-0.15, -0.1) is 0 Å². The first kappa shape index (κ1) is 26.8. The molecule has 4 aromatic rings. The molecule has 0 aliphatic rings. The van der Waals surface area contributed by atoms with Crippen LogP contribution in [0.2, 0.25) is 0 Å². The number of benzene rings is 3. The number of aromatic amines is 1. The van der Waals surface area contributed by atoms with Crippen molar-refractivity contribution in [3.05, 3.63) is 102 Å². The molecule has 2 N–H and O–H groups in total. The molecule has 0 spiro atoms. The SMILES string of the molecule is COCCN(CC(=O)N(CCc1c[nH]c2ccccc12)Cc1ccc(F)cc1)C(=O)Nc1ccccc1F. The summed E-state index contributed by atoms with van der Waals surface area (Å²) in [6.07, 6.45) is 2.51. The molecule has 0 saturated heterocycles. The second-order valence-corrected chi connectivity index (χ2v) is 8.88. The number of rotatable bonds is 11. The third-order valence-corrected chi connectivity index (χ3v) is 6.26. The van der Waals surface area contributed by atoms with E-state index in [0.29, 0.717) is 13.0 Å². The van der Waals surface area contributed by atoms with Crippen LogP contribution in [0.5, 0.6) is 0 Å². The van der Waals surface area contributed by atoms with Crippen LogP contribution in [0.1, 0.15) is 11.1 Å². The average molecular weight is 521 g/mol. The maximum absolute atomic E-state index is 14.1. The summed E-state index contributed by atoms with van der Waals surface area (Å²) in [7, 11) is 1.50. The highest BCUT2D eigenvalue weighted by Crippen LogP contribution is 2.19. The first-order valence-electron chi connectivity index (χ1n) is 12.3. The molecule has 7 nitrogen and oxygen atoms in total. The molecule has 0 saturated carbocycles. The summed E-state index contributed by atoms with van der Waals surface area (Å²) in [6.45, 7) is 0.721. The van der Waals surface area contributed by atoms with Crippen LogP contribution >= 0.6 is 0 Å². The Morgan fingerprint density at radius 2 is 1.66 bits per heavy atom. The molecule has 9 heteroatoms. The van der Waals surface area contributed by atoms with Gasteiger partial charge in [-0.25, -0.2) is 13.6 Å². The van der Waals surface area contributed by atoms with Gasteiger partial charge in [0.05, 0.1) is 12.3 Å². The Balaban J connectivity index is 1.51. The number of amides is 3. The summed E-state index contributed by atoms with van der Waals surface area (Å²) in [5.41, 5.74) is 2.85. The summed E-state index contributed by atoms with van der Waals surface area (Å²) < 4.78 is 32.7. The minimum atomic E-state index is -0.612. The number of methoxy groups -OCH3 is 1. The van der Waals surface area contributed by atoms with Crippen molar-refractivity contribution in [3.8, 4) is 0 Å². The van der Waals surface area contributed by atoms with E-state index in [0.717, 1.165) is 22.0 Å². The number of nitrogens with zero attached hydrogens (tertiary/aromatic N) is 2. The van der Waals surface area contributed by atoms with Crippen LogP contribution in [0.25, 0.3) is 10.9 Å². The van der Waals surface area contributed by atoms with E-state index in [1.54, 1.807) is 23.1 Å². The summed E-state index contributed by atoms with van der Waals surface area (Å²) in [4.78, 5) is 32.7. The number of anilines is 1. The monoisotopic (exact) mass is 520 g/mol. The number of ether oxygens (including phenoxy) is 1. The lowest BCUT2D eigenvalue weighted by atomic mass is 10.1. The largest absolute Gasteiger partial charge is 0.383 e. The standard InChI is InChI=1S/C29H30F2N4O3/c1-38-17-16-35(29(37)33-27-9-5-3-7-25(27)31)20-28(36)34(19-21-10-12-23(30)13-11-21)15-14-22-18-32-26-8-4-2-6-24(22)26/h2-13,18,32H,14-17,19-20H2,1H3,(H,33,37). The van der Waals surface area contributed by atoms with Gasteiger partial charge in [0.15, 0.2) is 0 Å². The van der Waals surface area contributed by atoms with Crippen molar-refractivity contribution < 1.29 is 23.1 Å². The second kappa shape index (κ2) is 12.8. The number of carbonyl (C=O) groups is 2. The van der Waals surface area contributed by atoms with Crippen LogP contribution in [0.3, 0.4) is 0 Å². The maximum atomic E-state index is 14.1. The Morgan fingerprint density at radius 3 is 2.42 bits per heavy atom. The van der Waals surface area contributed by atoms with Crippen molar-refractivity contribution in [2.75, 3.05) is 38.7 Å². The molecule has 0 aliphatic heterocycles. The van der Waals surface area contributed by atoms with Gasteiger partial charge >= 0.3 is 6.03 Å². The number of fused-ring (bicyclic) bond motifs is 1. The van der Waals surface area contributed by atoms with E-state index in [1.165, 1.54) is 42.3 Å². The van der Waals surface area contributed by atoms with E-state index < -0.39 is 11.8 Å². The zero-order valence-corrected chi connectivity index (χ0v) is 21.1. The Kier molecular flexibility index (Phi) is 9.05.